The van der Waals surface area contributed by atoms with Crippen LogP contribution in [-0.4, -0.2) is 22.3 Å². The molecule has 1 unspecified atom stereocenters. The highest BCUT2D eigenvalue weighted by Gasteiger charge is 2.39. The van der Waals surface area contributed by atoms with Gasteiger partial charge in [0.2, 0.25) is 0 Å². The number of H-pyrrole nitrogens is 1. The molecule has 0 fully saturated rings. The zero-order valence-electron chi connectivity index (χ0n) is 18.4. The number of nitrogens with zero attached hydrogens (tertiary/aromatic N) is 1. The van der Waals surface area contributed by atoms with Crippen LogP contribution < -0.4 is 0 Å². The van der Waals surface area contributed by atoms with E-state index >= 15 is 0 Å². The first kappa shape index (κ1) is 19.6. The van der Waals surface area contributed by atoms with Gasteiger partial charge in [-0.3, -0.25) is 4.79 Å². The van der Waals surface area contributed by atoms with E-state index in [2.05, 4.69) is 85.3 Å². The van der Waals surface area contributed by atoms with Gasteiger partial charge < -0.3 is 9.88 Å². The van der Waals surface area contributed by atoms with E-state index in [4.69, 9.17) is 0 Å². The maximum Gasteiger partial charge on any atom is 0.255 e. The van der Waals surface area contributed by atoms with E-state index in [1.54, 1.807) is 0 Å². The van der Waals surface area contributed by atoms with Gasteiger partial charge in [-0.15, -0.1) is 0 Å². The third kappa shape index (κ3) is 3.34. The van der Waals surface area contributed by atoms with Crippen molar-refractivity contribution in [3.63, 3.8) is 0 Å². The number of fused-ring (bicyclic) bond motifs is 2. The highest BCUT2D eigenvalue weighted by molar-refractivity contribution is 6.02. The molecule has 3 nitrogen and oxygen atoms in total. The number of aromatic amines is 1. The van der Waals surface area contributed by atoms with Gasteiger partial charge >= 0.3 is 0 Å². The molecule has 3 heteroatoms. The molecule has 156 valence electrons. The smallest absolute Gasteiger partial charge is 0.255 e. The summed E-state index contributed by atoms with van der Waals surface area (Å²) in [6, 6.07) is 25.1. The topological polar surface area (TPSA) is 36.1 Å². The summed E-state index contributed by atoms with van der Waals surface area (Å²) in [5, 5.41) is 1.18. The molecule has 4 aromatic rings. The largest absolute Gasteiger partial charge is 0.354 e. The number of para-hydroxylation sites is 1. The van der Waals surface area contributed by atoms with Crippen LogP contribution in [0.1, 0.15) is 53.4 Å². The molecule has 1 aliphatic rings. The average Bonchev–Trinajstić information content (AvgIpc) is 3.28. The van der Waals surface area contributed by atoms with Crippen molar-refractivity contribution in [2.75, 3.05) is 6.54 Å². The fourth-order valence-corrected chi connectivity index (χ4v) is 4.70. The van der Waals surface area contributed by atoms with Gasteiger partial charge in [-0.25, -0.2) is 0 Å². The minimum absolute atomic E-state index is 0.0881. The lowest BCUT2D eigenvalue weighted by atomic mass is 9.93. The summed E-state index contributed by atoms with van der Waals surface area (Å²) in [5.41, 5.74) is 7.73. The molecular weight excluding hydrogens is 380 g/mol. The summed E-state index contributed by atoms with van der Waals surface area (Å²) >= 11 is 0. The van der Waals surface area contributed by atoms with Crippen molar-refractivity contribution in [2.24, 2.45) is 5.92 Å². The van der Waals surface area contributed by atoms with Crippen molar-refractivity contribution in [3.05, 3.63) is 95.1 Å². The third-order valence-electron chi connectivity index (χ3n) is 6.37. The third-order valence-corrected chi connectivity index (χ3v) is 6.37. The lowest BCUT2D eigenvalue weighted by Gasteiger charge is -2.27. The molecule has 0 spiro atoms. The van der Waals surface area contributed by atoms with Gasteiger partial charge in [0.25, 0.3) is 5.91 Å². The van der Waals surface area contributed by atoms with Crippen molar-refractivity contribution in [1.82, 2.24) is 9.88 Å². The van der Waals surface area contributed by atoms with Crippen LogP contribution in [0.3, 0.4) is 0 Å². The van der Waals surface area contributed by atoms with Crippen molar-refractivity contribution in [3.8, 4) is 11.3 Å². The molecule has 3 aromatic carbocycles. The van der Waals surface area contributed by atoms with E-state index in [1.165, 1.54) is 16.5 Å². The molecule has 1 amide bonds. The highest BCUT2D eigenvalue weighted by Crippen LogP contribution is 2.45. The Hall–Kier alpha value is -3.33. The quantitative estimate of drug-likeness (QED) is 0.390. The Morgan fingerprint density at radius 2 is 1.65 bits per heavy atom. The van der Waals surface area contributed by atoms with Gasteiger partial charge in [-0.2, -0.15) is 0 Å². The summed E-state index contributed by atoms with van der Waals surface area (Å²) < 4.78 is 0. The highest BCUT2D eigenvalue weighted by atomic mass is 16.2. The maximum absolute atomic E-state index is 13.5. The molecule has 0 radical (unpaired) electrons. The Morgan fingerprint density at radius 1 is 0.935 bits per heavy atom. The number of nitrogens with one attached hydrogen (secondary N) is 1. The Morgan fingerprint density at radius 3 is 2.42 bits per heavy atom. The summed E-state index contributed by atoms with van der Waals surface area (Å²) in [5.74, 6) is 0.679. The number of carbonyl (C=O) groups excluding carboxylic acids is 1. The van der Waals surface area contributed by atoms with E-state index < -0.39 is 0 Å². The predicted molar refractivity (Wildman–Crippen MR) is 127 cm³/mol. The molecule has 1 atom stereocenters. The molecule has 5 rings (SSSR count). The molecule has 0 bridgehead atoms. The fourth-order valence-electron chi connectivity index (χ4n) is 4.70. The molecule has 0 saturated carbocycles. The Labute approximate surface area is 183 Å². The van der Waals surface area contributed by atoms with Gasteiger partial charge in [0.05, 0.1) is 11.7 Å². The normalized spacial score (nSPS) is 15.8. The summed E-state index contributed by atoms with van der Waals surface area (Å²) in [6.07, 6.45) is 0.985. The number of carbonyl (C=O) groups is 1. The van der Waals surface area contributed by atoms with E-state index in [1.807, 2.05) is 18.2 Å². The summed E-state index contributed by atoms with van der Waals surface area (Å²) in [7, 11) is 0. The van der Waals surface area contributed by atoms with Crippen LogP contribution in [0.25, 0.3) is 22.2 Å². The van der Waals surface area contributed by atoms with Crippen molar-refractivity contribution >= 4 is 16.8 Å². The molecule has 31 heavy (non-hydrogen) atoms. The number of hydrogen-bond acceptors (Lipinski definition) is 1. The molecule has 1 aromatic heterocycles. The Kier molecular flexibility index (Phi) is 4.90. The second-order valence-electron chi connectivity index (χ2n) is 9.00. The molecule has 0 aliphatic carbocycles. The van der Waals surface area contributed by atoms with Crippen LogP contribution in [0.4, 0.5) is 0 Å². The minimum Gasteiger partial charge on any atom is -0.354 e. The van der Waals surface area contributed by atoms with Crippen molar-refractivity contribution in [1.29, 1.82) is 0 Å². The van der Waals surface area contributed by atoms with Crippen LogP contribution >= 0.6 is 0 Å². The standard InChI is InChI=1S/C28H28N2O/c1-18(2)16-17-30-27(21-8-4-5-9-22(21)28(30)31)25-23-10-6-7-11-24(23)29-26(25)20-14-12-19(3)13-15-20/h4-15,18,27,29H,16-17H2,1-3H3. The average molecular weight is 409 g/mol. The van der Waals surface area contributed by atoms with Crippen LogP contribution in [0.5, 0.6) is 0 Å². The van der Waals surface area contributed by atoms with Crippen LogP contribution in [0.2, 0.25) is 0 Å². The lowest BCUT2D eigenvalue weighted by Crippen LogP contribution is -2.30. The minimum atomic E-state index is -0.0881. The number of amides is 1. The SMILES string of the molecule is Cc1ccc(-c2[nH]c3ccccc3c2C2c3ccccc3C(=O)N2CCC(C)C)cc1. The zero-order chi connectivity index (χ0) is 21.5. The van der Waals surface area contributed by atoms with Crippen LogP contribution in [-0.2, 0) is 0 Å². The van der Waals surface area contributed by atoms with Gasteiger partial charge in [-0.05, 0) is 42.5 Å². The molecule has 1 aliphatic heterocycles. The van der Waals surface area contributed by atoms with E-state index in [9.17, 15) is 4.79 Å². The number of benzene rings is 3. The number of hydrogen-bond donors (Lipinski definition) is 1. The molecule has 1 N–H and O–H groups in total. The Bertz CT molecular complexity index is 1250. The van der Waals surface area contributed by atoms with Gasteiger partial charge in [0.1, 0.15) is 0 Å². The predicted octanol–water partition coefficient (Wildman–Crippen LogP) is 6.73. The number of aromatic nitrogens is 1. The van der Waals surface area contributed by atoms with Crippen LogP contribution in [0, 0.1) is 12.8 Å². The Balaban J connectivity index is 1.75. The van der Waals surface area contributed by atoms with Crippen LogP contribution in [0.15, 0.2) is 72.8 Å². The molecule has 0 saturated heterocycles. The monoisotopic (exact) mass is 408 g/mol. The number of aryl methyl sites for hydroxylation is 1. The van der Waals surface area contributed by atoms with Crippen molar-refractivity contribution in [2.45, 2.75) is 33.2 Å². The van der Waals surface area contributed by atoms with E-state index in [0.29, 0.717) is 5.92 Å². The van der Waals surface area contributed by atoms with E-state index in [-0.39, 0.29) is 11.9 Å². The lowest BCUT2D eigenvalue weighted by molar-refractivity contribution is 0.0743. The van der Waals surface area contributed by atoms with Gasteiger partial charge in [0, 0.05) is 28.6 Å². The summed E-state index contributed by atoms with van der Waals surface area (Å²) in [4.78, 5) is 19.2. The maximum atomic E-state index is 13.5. The van der Waals surface area contributed by atoms with E-state index in [0.717, 1.165) is 40.9 Å². The summed E-state index contributed by atoms with van der Waals surface area (Å²) in [6.45, 7) is 7.29. The fraction of sp³-hybridized carbons (Fsp3) is 0.250. The van der Waals surface area contributed by atoms with Gasteiger partial charge in [-0.1, -0.05) is 80.1 Å². The second kappa shape index (κ2) is 7.73. The molecular formula is C28H28N2O. The zero-order valence-corrected chi connectivity index (χ0v) is 18.4. The first-order chi connectivity index (χ1) is 15.0. The first-order valence-electron chi connectivity index (χ1n) is 11.1. The van der Waals surface area contributed by atoms with Crippen molar-refractivity contribution < 1.29 is 4.79 Å². The first-order valence-corrected chi connectivity index (χ1v) is 11.1. The molecule has 2 heterocycles. The second-order valence-corrected chi connectivity index (χ2v) is 9.00. The number of rotatable bonds is 5. The van der Waals surface area contributed by atoms with Gasteiger partial charge in [0.15, 0.2) is 0 Å².